The Morgan fingerprint density at radius 1 is 0.591 bits per heavy atom. The first-order chi connectivity index (χ1) is 21.4. The zero-order valence-corrected chi connectivity index (χ0v) is 29.4. The topological polar surface area (TPSA) is 58.2 Å². The molecule has 6 heteroatoms. The van der Waals surface area contributed by atoms with Crippen LogP contribution in [0.1, 0.15) is 130 Å². The quantitative estimate of drug-likeness (QED) is 0.191. The summed E-state index contributed by atoms with van der Waals surface area (Å²) in [4.78, 5) is 30.0. The molecule has 0 aromatic heterocycles. The molecule has 0 saturated heterocycles. The van der Waals surface area contributed by atoms with Gasteiger partial charge < -0.3 is 10.6 Å². The van der Waals surface area contributed by atoms with E-state index >= 15 is 0 Å². The fraction of sp³-hybridized carbons (Fsp3) is 0.632. The number of para-hydroxylation sites is 2. The van der Waals surface area contributed by atoms with Crippen molar-refractivity contribution in [1.82, 2.24) is 0 Å². The molecule has 0 bridgehead atoms. The highest BCUT2D eigenvalue weighted by atomic mass is 33.1. The first-order valence-electron chi connectivity index (χ1n) is 17.5. The summed E-state index contributed by atoms with van der Waals surface area (Å²) >= 11 is 0. The molecule has 0 aliphatic heterocycles. The molecule has 4 rings (SSSR count). The van der Waals surface area contributed by atoms with Crippen LogP contribution in [-0.4, -0.2) is 11.8 Å². The van der Waals surface area contributed by atoms with Gasteiger partial charge in [-0.15, -0.1) is 0 Å². The highest BCUT2D eigenvalue weighted by Gasteiger charge is 2.42. The molecule has 2 fully saturated rings. The Morgan fingerprint density at radius 3 is 1.27 bits per heavy atom. The molecule has 4 nitrogen and oxygen atoms in total. The minimum atomic E-state index is -0.264. The van der Waals surface area contributed by atoms with Gasteiger partial charge in [0, 0.05) is 20.6 Å². The molecular formula is C38H56N2O2S2. The lowest BCUT2D eigenvalue weighted by Gasteiger charge is -2.38. The lowest BCUT2D eigenvalue weighted by Crippen LogP contribution is -2.39. The third kappa shape index (κ3) is 8.87. The van der Waals surface area contributed by atoms with Gasteiger partial charge >= 0.3 is 0 Å². The molecule has 0 atom stereocenters. The van der Waals surface area contributed by atoms with E-state index in [1.165, 1.54) is 12.8 Å². The standard InChI is InChI=1S/C38H56N2O2S2/c1-5-29(6-2)27-37(23-15-9-16-24-37)35(41)39-31-19-11-13-21-33(31)43-44-34-22-14-12-20-32(34)40-36(42)38(25-17-10-18-26-38)28-30(7-3)8-4/h11-14,19-22,29-30H,5-10,15-18,23-28H2,1-4H3,(H,39,41)(H,40,42). The molecule has 2 amide bonds. The van der Waals surface area contributed by atoms with E-state index in [0.717, 1.165) is 111 Å². The summed E-state index contributed by atoms with van der Waals surface area (Å²) < 4.78 is 0. The van der Waals surface area contributed by atoms with Gasteiger partial charge in [0.1, 0.15) is 0 Å². The third-order valence-electron chi connectivity index (χ3n) is 10.7. The Kier molecular flexibility index (Phi) is 13.6. The second-order valence-electron chi connectivity index (χ2n) is 13.5. The van der Waals surface area contributed by atoms with Gasteiger partial charge in [-0.25, -0.2) is 0 Å². The monoisotopic (exact) mass is 636 g/mol. The number of rotatable bonds is 15. The van der Waals surface area contributed by atoms with Gasteiger partial charge in [0.05, 0.1) is 11.4 Å². The van der Waals surface area contributed by atoms with E-state index in [1.807, 2.05) is 36.4 Å². The summed E-state index contributed by atoms with van der Waals surface area (Å²) in [6, 6.07) is 16.4. The highest BCUT2D eigenvalue weighted by Crippen LogP contribution is 2.48. The Labute approximate surface area is 275 Å². The molecular weight excluding hydrogens is 581 g/mol. The number of hydrogen-bond acceptors (Lipinski definition) is 4. The highest BCUT2D eigenvalue weighted by molar-refractivity contribution is 8.76. The smallest absolute Gasteiger partial charge is 0.230 e. The fourth-order valence-electron chi connectivity index (χ4n) is 7.65. The second-order valence-corrected chi connectivity index (χ2v) is 15.7. The van der Waals surface area contributed by atoms with Crippen LogP contribution in [0.3, 0.4) is 0 Å². The van der Waals surface area contributed by atoms with Crippen molar-refractivity contribution in [1.29, 1.82) is 0 Å². The summed E-state index contributed by atoms with van der Waals surface area (Å²) in [7, 11) is 3.31. The predicted octanol–water partition coefficient (Wildman–Crippen LogP) is 11.9. The Hall–Kier alpha value is -1.92. The van der Waals surface area contributed by atoms with Gasteiger partial charge in [-0.2, -0.15) is 0 Å². The summed E-state index contributed by atoms with van der Waals surface area (Å²) in [5, 5.41) is 6.78. The van der Waals surface area contributed by atoms with Gasteiger partial charge in [0.2, 0.25) is 11.8 Å². The van der Waals surface area contributed by atoms with E-state index in [0.29, 0.717) is 11.8 Å². The number of hydrogen-bond donors (Lipinski definition) is 2. The molecule has 0 unspecified atom stereocenters. The average molecular weight is 637 g/mol. The van der Waals surface area contributed by atoms with E-state index in [4.69, 9.17) is 0 Å². The van der Waals surface area contributed by atoms with Crippen LogP contribution in [0.15, 0.2) is 58.3 Å². The maximum atomic E-state index is 14.0. The molecule has 242 valence electrons. The van der Waals surface area contributed by atoms with Crippen LogP contribution in [0.25, 0.3) is 0 Å². The van der Waals surface area contributed by atoms with E-state index in [9.17, 15) is 9.59 Å². The lowest BCUT2D eigenvalue weighted by molar-refractivity contribution is -0.129. The number of carbonyl (C=O) groups is 2. The first-order valence-corrected chi connectivity index (χ1v) is 19.7. The zero-order valence-electron chi connectivity index (χ0n) is 27.7. The van der Waals surface area contributed by atoms with Gasteiger partial charge in [-0.3, -0.25) is 9.59 Å². The van der Waals surface area contributed by atoms with Crippen LogP contribution < -0.4 is 10.6 Å². The Bertz CT molecular complexity index is 1100. The van der Waals surface area contributed by atoms with Crippen molar-refractivity contribution in [2.24, 2.45) is 22.7 Å². The molecule has 44 heavy (non-hydrogen) atoms. The van der Waals surface area contributed by atoms with Gasteiger partial charge in [-0.05, 0) is 74.6 Å². The van der Waals surface area contributed by atoms with E-state index in [2.05, 4.69) is 50.5 Å². The zero-order chi connectivity index (χ0) is 31.4. The van der Waals surface area contributed by atoms with Crippen LogP contribution >= 0.6 is 21.6 Å². The normalized spacial score (nSPS) is 17.9. The molecule has 0 radical (unpaired) electrons. The minimum absolute atomic E-state index is 0.199. The van der Waals surface area contributed by atoms with Crippen molar-refractivity contribution in [3.63, 3.8) is 0 Å². The Balaban J connectivity index is 1.48. The van der Waals surface area contributed by atoms with E-state index in [1.54, 1.807) is 21.6 Å². The van der Waals surface area contributed by atoms with Crippen molar-refractivity contribution in [3.05, 3.63) is 48.5 Å². The van der Waals surface area contributed by atoms with Gasteiger partial charge in [0.25, 0.3) is 0 Å². The summed E-state index contributed by atoms with van der Waals surface area (Å²) in [5.41, 5.74) is 1.25. The SMILES string of the molecule is CCC(CC)CC1(C(=O)Nc2ccccc2SSc2ccccc2NC(=O)C2(CC(CC)CC)CCCCC2)CCCCC1. The van der Waals surface area contributed by atoms with Crippen LogP contribution in [0.5, 0.6) is 0 Å². The van der Waals surface area contributed by atoms with Crippen molar-refractivity contribution in [2.45, 2.75) is 140 Å². The van der Waals surface area contributed by atoms with Crippen LogP contribution in [-0.2, 0) is 9.59 Å². The molecule has 0 spiro atoms. The Morgan fingerprint density at radius 2 is 0.932 bits per heavy atom. The van der Waals surface area contributed by atoms with Crippen molar-refractivity contribution in [3.8, 4) is 0 Å². The fourth-order valence-corrected chi connectivity index (χ4v) is 9.93. The van der Waals surface area contributed by atoms with Crippen molar-refractivity contribution < 1.29 is 9.59 Å². The number of nitrogens with one attached hydrogen (secondary N) is 2. The first kappa shape index (κ1) is 34.9. The molecule has 2 saturated carbocycles. The minimum Gasteiger partial charge on any atom is -0.325 e. The summed E-state index contributed by atoms with van der Waals surface area (Å²) in [5.74, 6) is 1.58. The lowest BCUT2D eigenvalue weighted by atomic mass is 9.67. The maximum absolute atomic E-state index is 14.0. The average Bonchev–Trinajstić information content (AvgIpc) is 3.07. The van der Waals surface area contributed by atoms with Gasteiger partial charge in [-0.1, -0.05) is 138 Å². The number of amides is 2. The molecule has 2 aromatic rings. The molecule has 2 aliphatic carbocycles. The van der Waals surface area contributed by atoms with Crippen molar-refractivity contribution in [2.75, 3.05) is 10.6 Å². The number of anilines is 2. The maximum Gasteiger partial charge on any atom is 0.230 e. The number of benzene rings is 2. The van der Waals surface area contributed by atoms with Crippen LogP contribution in [0.2, 0.25) is 0 Å². The molecule has 2 N–H and O–H groups in total. The predicted molar refractivity (Wildman–Crippen MR) is 190 cm³/mol. The largest absolute Gasteiger partial charge is 0.325 e. The molecule has 2 aromatic carbocycles. The van der Waals surface area contributed by atoms with E-state index in [-0.39, 0.29) is 22.6 Å². The van der Waals surface area contributed by atoms with Gasteiger partial charge in [0.15, 0.2) is 0 Å². The summed E-state index contributed by atoms with van der Waals surface area (Å²) in [6.07, 6.45) is 17.5. The third-order valence-corrected chi connectivity index (χ3v) is 13.2. The van der Waals surface area contributed by atoms with Crippen LogP contribution in [0, 0.1) is 22.7 Å². The van der Waals surface area contributed by atoms with E-state index < -0.39 is 0 Å². The molecule has 2 aliphatic rings. The van der Waals surface area contributed by atoms with Crippen LogP contribution in [0.4, 0.5) is 11.4 Å². The second kappa shape index (κ2) is 17.1. The number of carbonyl (C=O) groups excluding carboxylic acids is 2. The summed E-state index contributed by atoms with van der Waals surface area (Å²) in [6.45, 7) is 9.03. The van der Waals surface area contributed by atoms with Crippen molar-refractivity contribution >= 4 is 44.8 Å². The molecule has 0 heterocycles.